The molecule has 0 aliphatic carbocycles. The van der Waals surface area contributed by atoms with Gasteiger partial charge in [0.25, 0.3) is 0 Å². The second kappa shape index (κ2) is 6.93. The van der Waals surface area contributed by atoms with E-state index in [1.807, 2.05) is 12.3 Å². The molecule has 3 aromatic rings. The summed E-state index contributed by atoms with van der Waals surface area (Å²) in [4.78, 5) is 0. The van der Waals surface area contributed by atoms with Crippen LogP contribution in [0.1, 0.15) is 16.7 Å². The van der Waals surface area contributed by atoms with Gasteiger partial charge in [-0.05, 0) is 42.2 Å². The molecule has 0 unspecified atom stereocenters. The van der Waals surface area contributed by atoms with E-state index in [2.05, 4.69) is 91.1 Å². The third-order valence-corrected chi connectivity index (χ3v) is 3.80. The number of hydrogen-bond acceptors (Lipinski definition) is 2. The van der Waals surface area contributed by atoms with Gasteiger partial charge in [-0.25, -0.2) is 0 Å². The van der Waals surface area contributed by atoms with Crippen molar-refractivity contribution >= 4 is 11.9 Å². The SMILES string of the molecule is Cc1ccc(N/N=C\c2ccc(-c3ccccc3)cc2)c(C)c1. The second-order valence-corrected chi connectivity index (χ2v) is 5.68. The molecule has 0 bridgehead atoms. The molecule has 0 aliphatic heterocycles. The Hall–Kier alpha value is -2.87. The van der Waals surface area contributed by atoms with Crippen LogP contribution in [0.5, 0.6) is 0 Å². The van der Waals surface area contributed by atoms with E-state index in [1.54, 1.807) is 0 Å². The molecule has 0 fully saturated rings. The minimum Gasteiger partial charge on any atom is -0.278 e. The van der Waals surface area contributed by atoms with E-state index in [0.717, 1.165) is 11.3 Å². The van der Waals surface area contributed by atoms with Crippen molar-refractivity contribution < 1.29 is 0 Å². The van der Waals surface area contributed by atoms with Crippen LogP contribution in [0.3, 0.4) is 0 Å². The zero-order valence-electron chi connectivity index (χ0n) is 13.5. The highest BCUT2D eigenvalue weighted by molar-refractivity contribution is 5.81. The summed E-state index contributed by atoms with van der Waals surface area (Å²) in [5.41, 5.74) is 10.1. The Kier molecular flexibility index (Phi) is 4.53. The Balaban J connectivity index is 1.68. The lowest BCUT2D eigenvalue weighted by Crippen LogP contribution is -1.93. The van der Waals surface area contributed by atoms with Gasteiger partial charge in [-0.3, -0.25) is 5.43 Å². The highest BCUT2D eigenvalue weighted by Gasteiger charge is 1.97. The highest BCUT2D eigenvalue weighted by Crippen LogP contribution is 2.19. The molecule has 23 heavy (non-hydrogen) atoms. The number of hydrazone groups is 1. The molecule has 0 aliphatic rings. The molecule has 0 atom stereocenters. The molecule has 0 saturated carbocycles. The van der Waals surface area contributed by atoms with Crippen LogP contribution < -0.4 is 5.43 Å². The van der Waals surface area contributed by atoms with Crippen molar-refractivity contribution in [3.05, 3.63) is 89.5 Å². The number of nitrogens with zero attached hydrogens (tertiary/aromatic N) is 1. The molecule has 0 aromatic heterocycles. The molecule has 0 radical (unpaired) electrons. The van der Waals surface area contributed by atoms with Crippen molar-refractivity contribution in [1.82, 2.24) is 0 Å². The lowest BCUT2D eigenvalue weighted by Gasteiger charge is -2.05. The normalized spacial score (nSPS) is 10.9. The number of rotatable bonds is 4. The third-order valence-electron chi connectivity index (χ3n) is 3.80. The Bertz CT molecular complexity index is 803. The first kappa shape index (κ1) is 15.0. The van der Waals surface area contributed by atoms with Gasteiger partial charge in [0, 0.05) is 0 Å². The van der Waals surface area contributed by atoms with Crippen molar-refractivity contribution in [2.45, 2.75) is 13.8 Å². The summed E-state index contributed by atoms with van der Waals surface area (Å²) in [6.07, 6.45) is 1.84. The van der Waals surface area contributed by atoms with E-state index >= 15 is 0 Å². The number of benzene rings is 3. The van der Waals surface area contributed by atoms with Crippen LogP contribution >= 0.6 is 0 Å². The fourth-order valence-electron chi connectivity index (χ4n) is 2.51. The van der Waals surface area contributed by atoms with Crippen LogP contribution in [0.15, 0.2) is 77.9 Å². The topological polar surface area (TPSA) is 24.4 Å². The predicted molar refractivity (Wildman–Crippen MR) is 99.0 cm³/mol. The van der Waals surface area contributed by atoms with E-state index in [0.29, 0.717) is 0 Å². The average Bonchev–Trinajstić information content (AvgIpc) is 2.58. The van der Waals surface area contributed by atoms with Crippen molar-refractivity contribution in [1.29, 1.82) is 0 Å². The highest BCUT2D eigenvalue weighted by atomic mass is 15.3. The number of aryl methyl sites for hydroxylation is 2. The predicted octanol–water partition coefficient (Wildman–Crippen LogP) is 5.42. The van der Waals surface area contributed by atoms with Gasteiger partial charge in [-0.15, -0.1) is 0 Å². The van der Waals surface area contributed by atoms with Gasteiger partial charge in [0.1, 0.15) is 0 Å². The van der Waals surface area contributed by atoms with Gasteiger partial charge >= 0.3 is 0 Å². The summed E-state index contributed by atoms with van der Waals surface area (Å²) in [7, 11) is 0. The monoisotopic (exact) mass is 300 g/mol. The molecule has 2 nitrogen and oxygen atoms in total. The van der Waals surface area contributed by atoms with Crippen LogP contribution in [-0.2, 0) is 0 Å². The van der Waals surface area contributed by atoms with Crippen LogP contribution in [0, 0.1) is 13.8 Å². The minimum absolute atomic E-state index is 1.03. The van der Waals surface area contributed by atoms with Crippen molar-refractivity contribution in [2.75, 3.05) is 5.43 Å². The number of hydrogen-bond donors (Lipinski definition) is 1. The molecular formula is C21H20N2. The maximum atomic E-state index is 4.33. The Morgan fingerprint density at radius 2 is 1.48 bits per heavy atom. The maximum Gasteiger partial charge on any atom is 0.0591 e. The van der Waals surface area contributed by atoms with Crippen molar-refractivity contribution in [3.63, 3.8) is 0 Å². The van der Waals surface area contributed by atoms with Gasteiger partial charge in [-0.1, -0.05) is 72.3 Å². The first-order valence-electron chi connectivity index (χ1n) is 7.74. The molecule has 3 rings (SSSR count). The summed E-state index contributed by atoms with van der Waals surface area (Å²) in [6.45, 7) is 4.17. The van der Waals surface area contributed by atoms with Gasteiger partial charge in [0.15, 0.2) is 0 Å². The average molecular weight is 300 g/mol. The van der Waals surface area contributed by atoms with E-state index in [-0.39, 0.29) is 0 Å². The third kappa shape index (κ3) is 3.86. The van der Waals surface area contributed by atoms with Crippen molar-refractivity contribution in [2.24, 2.45) is 5.10 Å². The van der Waals surface area contributed by atoms with Gasteiger partial charge in [0.05, 0.1) is 11.9 Å². The molecule has 0 spiro atoms. The maximum absolute atomic E-state index is 4.33. The molecule has 1 N–H and O–H groups in total. The zero-order valence-corrected chi connectivity index (χ0v) is 13.5. The Morgan fingerprint density at radius 3 is 2.17 bits per heavy atom. The van der Waals surface area contributed by atoms with Gasteiger partial charge < -0.3 is 0 Å². The van der Waals surface area contributed by atoms with Crippen LogP contribution in [0.4, 0.5) is 5.69 Å². The largest absolute Gasteiger partial charge is 0.278 e. The van der Waals surface area contributed by atoms with E-state index in [1.165, 1.54) is 22.3 Å². The van der Waals surface area contributed by atoms with Crippen LogP contribution in [0.2, 0.25) is 0 Å². The molecule has 3 aromatic carbocycles. The molecule has 114 valence electrons. The summed E-state index contributed by atoms with van der Waals surface area (Å²) in [5, 5.41) is 4.33. The quantitative estimate of drug-likeness (QED) is 0.505. The Labute approximate surface area is 137 Å². The summed E-state index contributed by atoms with van der Waals surface area (Å²) < 4.78 is 0. The smallest absolute Gasteiger partial charge is 0.0591 e. The van der Waals surface area contributed by atoms with Crippen molar-refractivity contribution in [3.8, 4) is 11.1 Å². The van der Waals surface area contributed by atoms with Gasteiger partial charge in [0.2, 0.25) is 0 Å². The van der Waals surface area contributed by atoms with Crippen LogP contribution in [0.25, 0.3) is 11.1 Å². The molecule has 0 amide bonds. The van der Waals surface area contributed by atoms with Gasteiger partial charge in [-0.2, -0.15) is 5.10 Å². The lowest BCUT2D eigenvalue weighted by atomic mass is 10.0. The summed E-state index contributed by atoms with van der Waals surface area (Å²) >= 11 is 0. The summed E-state index contributed by atoms with van der Waals surface area (Å²) in [5.74, 6) is 0. The fraction of sp³-hybridized carbons (Fsp3) is 0.0952. The number of anilines is 1. The molecule has 0 heterocycles. The van der Waals surface area contributed by atoms with Crippen LogP contribution in [-0.4, -0.2) is 6.21 Å². The number of nitrogens with one attached hydrogen (secondary N) is 1. The standard InChI is InChI=1S/C21H20N2/c1-16-8-13-21(17(2)14-16)23-22-15-18-9-11-20(12-10-18)19-6-4-3-5-7-19/h3-15,23H,1-2H3/b22-15-. The van der Waals surface area contributed by atoms with E-state index in [9.17, 15) is 0 Å². The lowest BCUT2D eigenvalue weighted by molar-refractivity contribution is 1.29. The first-order chi connectivity index (χ1) is 11.2. The molecular weight excluding hydrogens is 280 g/mol. The molecule has 2 heteroatoms. The first-order valence-corrected chi connectivity index (χ1v) is 7.74. The second-order valence-electron chi connectivity index (χ2n) is 5.68. The van der Waals surface area contributed by atoms with E-state index < -0.39 is 0 Å². The summed E-state index contributed by atoms with van der Waals surface area (Å²) in [6, 6.07) is 25.1. The minimum atomic E-state index is 1.03. The van der Waals surface area contributed by atoms with E-state index in [4.69, 9.17) is 0 Å². The Morgan fingerprint density at radius 1 is 0.783 bits per heavy atom. The zero-order chi connectivity index (χ0) is 16.1. The fourth-order valence-corrected chi connectivity index (χ4v) is 2.51. The molecule has 0 saturated heterocycles.